The first-order valence-electron chi connectivity index (χ1n) is 4.21. The number of hydrogen-bond donors (Lipinski definition) is 1. The van der Waals surface area contributed by atoms with Gasteiger partial charge in [0.25, 0.3) is 0 Å². The molecule has 0 radical (unpaired) electrons. The van der Waals surface area contributed by atoms with E-state index in [1.54, 1.807) is 18.2 Å². The molecule has 0 bridgehead atoms. The number of halogens is 1. The third-order valence-corrected chi connectivity index (χ3v) is 1.91. The third-order valence-electron chi connectivity index (χ3n) is 1.91. The molecule has 4 nitrogen and oxygen atoms in total. The summed E-state index contributed by atoms with van der Waals surface area (Å²) in [5.74, 6) is -0.374. The molecule has 0 spiro atoms. The molecule has 2 N–H and O–H groups in total. The topological polar surface area (TPSA) is 55.6 Å². The zero-order chi connectivity index (χ0) is 10.7. The first-order chi connectivity index (χ1) is 6.56. The molecule has 5 heteroatoms. The lowest BCUT2D eigenvalue weighted by Gasteiger charge is -2.16. The van der Waals surface area contributed by atoms with Crippen LogP contribution in [0.4, 0.5) is 11.4 Å². The lowest BCUT2D eigenvalue weighted by molar-refractivity contribution is 0.0601. The predicted molar refractivity (Wildman–Crippen MR) is 63.8 cm³/mol. The van der Waals surface area contributed by atoms with Crippen LogP contribution in [0, 0.1) is 0 Å². The number of hydrogen-bond acceptors (Lipinski definition) is 4. The van der Waals surface area contributed by atoms with E-state index in [1.165, 1.54) is 7.11 Å². The largest absolute Gasteiger partial charge is 0.465 e. The van der Waals surface area contributed by atoms with Crippen molar-refractivity contribution in [3.8, 4) is 0 Å². The second kappa shape index (κ2) is 5.46. The van der Waals surface area contributed by atoms with Gasteiger partial charge in [-0.3, -0.25) is 0 Å². The molecule has 0 atom stereocenters. The van der Waals surface area contributed by atoms with Gasteiger partial charge >= 0.3 is 5.97 Å². The zero-order valence-electron chi connectivity index (χ0n) is 8.98. The Labute approximate surface area is 95.4 Å². The van der Waals surface area contributed by atoms with Gasteiger partial charge < -0.3 is 15.4 Å². The van der Waals surface area contributed by atoms with Crippen molar-refractivity contribution in [2.45, 2.75) is 0 Å². The number of rotatable bonds is 2. The maximum absolute atomic E-state index is 11.4. The summed E-state index contributed by atoms with van der Waals surface area (Å²) in [5.41, 5.74) is 7.43. The first-order valence-corrected chi connectivity index (χ1v) is 4.21. The van der Waals surface area contributed by atoms with Gasteiger partial charge in [0, 0.05) is 19.8 Å². The molecule has 1 rings (SSSR count). The molecule has 0 aromatic heterocycles. The molecular weight excluding hydrogens is 216 g/mol. The number of esters is 1. The summed E-state index contributed by atoms with van der Waals surface area (Å²) >= 11 is 0. The third kappa shape index (κ3) is 3.02. The van der Waals surface area contributed by atoms with E-state index in [1.807, 2.05) is 19.0 Å². The predicted octanol–water partition coefficient (Wildman–Crippen LogP) is 1.54. The van der Waals surface area contributed by atoms with Crippen molar-refractivity contribution in [2.24, 2.45) is 0 Å². The molecule has 0 fully saturated rings. The van der Waals surface area contributed by atoms with Crippen LogP contribution in [0.1, 0.15) is 10.4 Å². The Balaban J connectivity index is 0.00000196. The van der Waals surface area contributed by atoms with E-state index >= 15 is 0 Å². The molecule has 0 heterocycles. The Morgan fingerprint density at radius 3 is 2.47 bits per heavy atom. The first kappa shape index (κ1) is 13.6. The van der Waals surface area contributed by atoms with Gasteiger partial charge in [0.1, 0.15) is 0 Å². The number of carbonyl (C=O) groups excluding carboxylic acids is 1. The highest BCUT2D eigenvalue weighted by Gasteiger charge is 2.13. The maximum atomic E-state index is 11.4. The van der Waals surface area contributed by atoms with Crippen LogP contribution in [-0.2, 0) is 4.74 Å². The Bertz CT molecular complexity index is 353. The van der Waals surface area contributed by atoms with Crippen molar-refractivity contribution >= 4 is 29.8 Å². The molecule has 84 valence electrons. The Morgan fingerprint density at radius 2 is 2.00 bits per heavy atom. The second-order valence-electron chi connectivity index (χ2n) is 3.16. The van der Waals surface area contributed by atoms with Crippen LogP contribution in [0.2, 0.25) is 0 Å². The Kier molecular flexibility index (Phi) is 4.94. The lowest BCUT2D eigenvalue weighted by Crippen LogP contribution is -2.15. The van der Waals surface area contributed by atoms with Crippen molar-refractivity contribution < 1.29 is 9.53 Å². The minimum absolute atomic E-state index is 0. The van der Waals surface area contributed by atoms with Gasteiger partial charge in [-0.05, 0) is 18.2 Å². The van der Waals surface area contributed by atoms with Gasteiger partial charge in [-0.2, -0.15) is 0 Å². The van der Waals surface area contributed by atoms with Gasteiger partial charge in [-0.15, -0.1) is 12.4 Å². The molecule has 0 saturated carbocycles. The molecular formula is C10H15ClN2O2. The molecule has 0 aliphatic carbocycles. The van der Waals surface area contributed by atoms with Crippen molar-refractivity contribution in [3.63, 3.8) is 0 Å². The number of nitrogens with two attached hydrogens (primary N) is 1. The smallest absolute Gasteiger partial charge is 0.340 e. The molecule has 1 aromatic rings. The fourth-order valence-electron chi connectivity index (χ4n) is 1.22. The van der Waals surface area contributed by atoms with Crippen molar-refractivity contribution in [2.75, 3.05) is 31.8 Å². The van der Waals surface area contributed by atoms with Gasteiger partial charge in [0.15, 0.2) is 0 Å². The van der Waals surface area contributed by atoms with Gasteiger partial charge in [-0.25, -0.2) is 4.79 Å². The van der Waals surface area contributed by atoms with E-state index in [4.69, 9.17) is 5.73 Å². The molecule has 0 aliphatic rings. The normalized spacial score (nSPS) is 9.00. The summed E-state index contributed by atoms with van der Waals surface area (Å²) in [6, 6.07) is 5.16. The molecule has 0 unspecified atom stereocenters. The van der Waals surface area contributed by atoms with Crippen molar-refractivity contribution in [1.29, 1.82) is 0 Å². The number of anilines is 2. The summed E-state index contributed by atoms with van der Waals surface area (Å²) in [6.45, 7) is 0. The van der Waals surface area contributed by atoms with E-state index in [0.717, 1.165) is 5.69 Å². The average molecular weight is 231 g/mol. The minimum atomic E-state index is -0.374. The van der Waals surface area contributed by atoms with Crippen molar-refractivity contribution in [3.05, 3.63) is 23.8 Å². The number of methoxy groups -OCH3 is 1. The number of benzene rings is 1. The Morgan fingerprint density at radius 1 is 1.40 bits per heavy atom. The number of nitrogen functional groups attached to an aromatic ring is 1. The summed E-state index contributed by atoms with van der Waals surface area (Å²) in [5, 5.41) is 0. The van der Waals surface area contributed by atoms with E-state index in [0.29, 0.717) is 11.3 Å². The highest BCUT2D eigenvalue weighted by atomic mass is 35.5. The molecule has 0 saturated heterocycles. The summed E-state index contributed by atoms with van der Waals surface area (Å²) < 4.78 is 4.66. The van der Waals surface area contributed by atoms with Crippen LogP contribution in [0.15, 0.2) is 18.2 Å². The molecule has 1 aromatic carbocycles. The fourth-order valence-corrected chi connectivity index (χ4v) is 1.22. The van der Waals surface area contributed by atoms with Crippen LogP contribution in [0.3, 0.4) is 0 Å². The number of carbonyl (C=O) groups is 1. The summed E-state index contributed by atoms with van der Waals surface area (Å²) in [4.78, 5) is 13.2. The summed E-state index contributed by atoms with van der Waals surface area (Å²) in [7, 11) is 5.07. The highest BCUT2D eigenvalue weighted by molar-refractivity contribution is 5.96. The number of nitrogens with zero attached hydrogens (tertiary/aromatic N) is 1. The van der Waals surface area contributed by atoms with Gasteiger partial charge in [0.2, 0.25) is 0 Å². The Hall–Kier alpha value is -1.42. The number of ether oxygens (including phenoxy) is 1. The standard InChI is InChI=1S/C10H14N2O2.ClH/c1-12(2)9-5-4-7(11)6-8(9)10(13)14-3;/h4-6H,11H2,1-3H3;1H. The van der Waals surface area contributed by atoms with Gasteiger partial charge in [-0.1, -0.05) is 0 Å². The van der Waals surface area contributed by atoms with Crippen LogP contribution in [-0.4, -0.2) is 27.2 Å². The van der Waals surface area contributed by atoms with E-state index < -0.39 is 0 Å². The van der Waals surface area contributed by atoms with Crippen LogP contribution in [0.5, 0.6) is 0 Å². The molecule has 0 aliphatic heterocycles. The minimum Gasteiger partial charge on any atom is -0.465 e. The second-order valence-corrected chi connectivity index (χ2v) is 3.16. The lowest BCUT2D eigenvalue weighted by atomic mass is 10.1. The quantitative estimate of drug-likeness (QED) is 0.619. The van der Waals surface area contributed by atoms with E-state index in [-0.39, 0.29) is 18.4 Å². The monoisotopic (exact) mass is 230 g/mol. The molecule has 0 amide bonds. The highest BCUT2D eigenvalue weighted by Crippen LogP contribution is 2.21. The SMILES string of the molecule is COC(=O)c1cc(N)ccc1N(C)C.Cl. The van der Waals surface area contributed by atoms with Crippen LogP contribution < -0.4 is 10.6 Å². The van der Waals surface area contributed by atoms with Crippen LogP contribution >= 0.6 is 12.4 Å². The van der Waals surface area contributed by atoms with Gasteiger partial charge in [0.05, 0.1) is 18.4 Å². The molecule has 15 heavy (non-hydrogen) atoms. The van der Waals surface area contributed by atoms with Crippen LogP contribution in [0.25, 0.3) is 0 Å². The van der Waals surface area contributed by atoms with Crippen molar-refractivity contribution in [1.82, 2.24) is 0 Å². The maximum Gasteiger partial charge on any atom is 0.340 e. The zero-order valence-corrected chi connectivity index (χ0v) is 9.80. The van der Waals surface area contributed by atoms with E-state index in [2.05, 4.69) is 4.74 Å². The average Bonchev–Trinajstić information content (AvgIpc) is 2.16. The summed E-state index contributed by atoms with van der Waals surface area (Å²) in [6.07, 6.45) is 0. The fraction of sp³-hybridized carbons (Fsp3) is 0.300. The van der Waals surface area contributed by atoms with E-state index in [9.17, 15) is 4.79 Å².